The van der Waals surface area contributed by atoms with Crippen molar-refractivity contribution in [3.63, 3.8) is 0 Å². The first-order valence-electron chi connectivity index (χ1n) is 10.2. The summed E-state index contributed by atoms with van der Waals surface area (Å²) in [6.45, 7) is 4.58. The quantitative estimate of drug-likeness (QED) is 0.606. The van der Waals surface area contributed by atoms with Gasteiger partial charge in [-0.15, -0.1) is 0 Å². The molecule has 2 aromatic rings. The molecule has 1 aromatic carbocycles. The zero-order chi connectivity index (χ0) is 22.4. The number of hydrogen-bond donors (Lipinski definition) is 1. The van der Waals surface area contributed by atoms with E-state index in [1.165, 1.54) is 4.90 Å². The molecule has 0 spiro atoms. The Kier molecular flexibility index (Phi) is 7.63. The summed E-state index contributed by atoms with van der Waals surface area (Å²) < 4.78 is 35.7. The molecule has 1 saturated heterocycles. The maximum absolute atomic E-state index is 12.7. The molecule has 10 nitrogen and oxygen atoms in total. The molecule has 2 heterocycles. The molecule has 1 aliphatic rings. The van der Waals surface area contributed by atoms with E-state index in [0.29, 0.717) is 29.5 Å². The second-order valence-corrected chi connectivity index (χ2v) is 9.50. The molecule has 3 rings (SSSR count). The number of nitrogens with zero attached hydrogens (tertiary/aromatic N) is 4. The van der Waals surface area contributed by atoms with Crippen LogP contribution < -0.4 is 9.62 Å². The molecule has 0 radical (unpaired) electrons. The van der Waals surface area contributed by atoms with E-state index in [1.807, 2.05) is 24.3 Å². The van der Waals surface area contributed by atoms with E-state index in [1.54, 1.807) is 14.0 Å². The highest BCUT2D eigenvalue weighted by atomic mass is 32.2. The van der Waals surface area contributed by atoms with Gasteiger partial charge in [-0.05, 0) is 44.9 Å². The van der Waals surface area contributed by atoms with E-state index < -0.39 is 16.1 Å². The van der Waals surface area contributed by atoms with Gasteiger partial charge in [-0.2, -0.15) is 4.98 Å². The third kappa shape index (κ3) is 6.74. The van der Waals surface area contributed by atoms with Gasteiger partial charge >= 0.3 is 6.09 Å². The van der Waals surface area contributed by atoms with Crippen LogP contribution in [-0.2, 0) is 14.8 Å². The molecular weight excluding hydrogens is 422 g/mol. The van der Waals surface area contributed by atoms with Crippen LogP contribution in [0.25, 0.3) is 11.5 Å². The fourth-order valence-corrected chi connectivity index (χ4v) is 4.00. The summed E-state index contributed by atoms with van der Waals surface area (Å²) in [5, 5.41) is 3.82. The van der Waals surface area contributed by atoms with Gasteiger partial charge in [-0.3, -0.25) is 4.90 Å². The molecule has 0 unspecified atom stereocenters. The van der Waals surface area contributed by atoms with Gasteiger partial charge in [0, 0.05) is 26.7 Å². The lowest BCUT2D eigenvalue weighted by Crippen LogP contribution is -2.41. The molecule has 0 aliphatic carbocycles. The van der Waals surface area contributed by atoms with Crippen LogP contribution in [0.1, 0.15) is 25.1 Å². The number of likely N-dealkylation sites (tertiary alicyclic amines) is 1. The molecule has 1 fully saturated rings. The summed E-state index contributed by atoms with van der Waals surface area (Å²) in [6, 6.07) is 7.31. The zero-order valence-electron chi connectivity index (χ0n) is 18.1. The maximum atomic E-state index is 12.7. The number of para-hydroxylation sites is 1. The Morgan fingerprint density at radius 3 is 2.68 bits per heavy atom. The van der Waals surface area contributed by atoms with Crippen molar-refractivity contribution in [3.05, 3.63) is 30.1 Å². The fourth-order valence-electron chi connectivity index (χ4n) is 3.48. The van der Waals surface area contributed by atoms with Crippen LogP contribution in [0.4, 0.5) is 10.5 Å². The normalized spacial score (nSPS) is 15.7. The van der Waals surface area contributed by atoms with Gasteiger partial charge in [-0.1, -0.05) is 17.3 Å². The predicted molar refractivity (Wildman–Crippen MR) is 116 cm³/mol. The summed E-state index contributed by atoms with van der Waals surface area (Å²) in [7, 11) is -1.48. The summed E-state index contributed by atoms with van der Waals surface area (Å²) in [5.41, 5.74) is 1.30. The number of sulfonamides is 1. The van der Waals surface area contributed by atoms with Gasteiger partial charge < -0.3 is 14.2 Å². The number of aryl methyl sites for hydroxylation is 1. The first-order chi connectivity index (χ1) is 14.7. The number of rotatable bonds is 8. The average Bonchev–Trinajstić information content (AvgIpc) is 3.17. The number of piperidine rings is 1. The van der Waals surface area contributed by atoms with Crippen molar-refractivity contribution in [1.82, 2.24) is 19.8 Å². The zero-order valence-corrected chi connectivity index (χ0v) is 18.9. The SMILES string of the molecule is Cc1noc(-c2ccccc2N(C)C(=O)OC2CCN(CCCNS(C)(=O)=O)CC2)n1. The summed E-state index contributed by atoms with van der Waals surface area (Å²) >= 11 is 0. The monoisotopic (exact) mass is 451 g/mol. The highest BCUT2D eigenvalue weighted by Crippen LogP contribution is 2.29. The van der Waals surface area contributed by atoms with E-state index in [9.17, 15) is 13.2 Å². The average molecular weight is 452 g/mol. The molecule has 11 heteroatoms. The summed E-state index contributed by atoms with van der Waals surface area (Å²) in [5.74, 6) is 0.875. The van der Waals surface area contributed by atoms with Gasteiger partial charge in [0.2, 0.25) is 10.0 Å². The van der Waals surface area contributed by atoms with Crippen molar-refractivity contribution in [3.8, 4) is 11.5 Å². The van der Waals surface area contributed by atoms with Crippen LogP contribution in [0.5, 0.6) is 0 Å². The minimum atomic E-state index is -3.14. The standard InChI is InChI=1S/C20H29N5O5S/c1-15-22-19(30-23-15)17-7-4-5-8-18(17)24(2)20(26)29-16-9-13-25(14-10-16)12-6-11-21-31(3,27)28/h4-5,7-8,16,21H,6,9-14H2,1-3H3. The van der Waals surface area contributed by atoms with Crippen LogP contribution in [0.3, 0.4) is 0 Å². The number of amides is 1. The van der Waals surface area contributed by atoms with Gasteiger partial charge in [-0.25, -0.2) is 17.9 Å². The first kappa shape index (κ1) is 23.2. The first-order valence-corrected chi connectivity index (χ1v) is 12.1. The Hall–Kier alpha value is -2.50. The second-order valence-electron chi connectivity index (χ2n) is 7.67. The van der Waals surface area contributed by atoms with E-state index in [-0.39, 0.29) is 6.10 Å². The van der Waals surface area contributed by atoms with Crippen LogP contribution >= 0.6 is 0 Å². The molecule has 1 amide bonds. The minimum Gasteiger partial charge on any atom is -0.446 e. The molecule has 0 saturated carbocycles. The molecule has 1 N–H and O–H groups in total. The van der Waals surface area contributed by atoms with Crippen molar-refractivity contribution in [1.29, 1.82) is 0 Å². The van der Waals surface area contributed by atoms with E-state index in [2.05, 4.69) is 19.8 Å². The maximum Gasteiger partial charge on any atom is 0.414 e. The molecule has 0 atom stereocenters. The lowest BCUT2D eigenvalue weighted by Gasteiger charge is -2.32. The highest BCUT2D eigenvalue weighted by molar-refractivity contribution is 7.88. The van der Waals surface area contributed by atoms with Crippen molar-refractivity contribution >= 4 is 21.8 Å². The van der Waals surface area contributed by atoms with Crippen molar-refractivity contribution in [2.75, 3.05) is 44.4 Å². The second kappa shape index (κ2) is 10.2. The van der Waals surface area contributed by atoms with Gasteiger partial charge in [0.15, 0.2) is 5.82 Å². The fraction of sp³-hybridized carbons (Fsp3) is 0.550. The van der Waals surface area contributed by atoms with Gasteiger partial charge in [0.1, 0.15) is 6.10 Å². The number of aromatic nitrogens is 2. The molecule has 1 aromatic heterocycles. The molecule has 31 heavy (non-hydrogen) atoms. The number of hydrogen-bond acceptors (Lipinski definition) is 8. The van der Waals surface area contributed by atoms with Crippen LogP contribution in [0.2, 0.25) is 0 Å². The summed E-state index contributed by atoms with van der Waals surface area (Å²) in [6.07, 6.45) is 2.79. The number of benzene rings is 1. The number of carbonyl (C=O) groups is 1. The highest BCUT2D eigenvalue weighted by Gasteiger charge is 2.25. The third-order valence-electron chi connectivity index (χ3n) is 5.11. The summed E-state index contributed by atoms with van der Waals surface area (Å²) in [4.78, 5) is 20.7. The van der Waals surface area contributed by atoms with E-state index in [0.717, 1.165) is 45.2 Å². The Morgan fingerprint density at radius 1 is 1.32 bits per heavy atom. The molecular formula is C20H29N5O5S. The topological polar surface area (TPSA) is 118 Å². The van der Waals surface area contributed by atoms with Crippen molar-refractivity contribution in [2.45, 2.75) is 32.3 Å². The Labute approximate surface area is 182 Å². The van der Waals surface area contributed by atoms with Crippen molar-refractivity contribution < 1.29 is 22.5 Å². The smallest absolute Gasteiger partial charge is 0.414 e. The molecule has 170 valence electrons. The van der Waals surface area contributed by atoms with Crippen LogP contribution in [0, 0.1) is 6.92 Å². The Morgan fingerprint density at radius 2 is 2.03 bits per heavy atom. The van der Waals surface area contributed by atoms with Gasteiger partial charge in [0.25, 0.3) is 5.89 Å². The number of anilines is 1. The van der Waals surface area contributed by atoms with Crippen LogP contribution in [-0.4, -0.2) is 75.1 Å². The van der Waals surface area contributed by atoms with E-state index >= 15 is 0 Å². The lowest BCUT2D eigenvalue weighted by atomic mass is 10.1. The number of carbonyl (C=O) groups excluding carboxylic acids is 1. The minimum absolute atomic E-state index is 0.154. The molecule has 0 bridgehead atoms. The van der Waals surface area contributed by atoms with Gasteiger partial charge in [0.05, 0.1) is 17.5 Å². The van der Waals surface area contributed by atoms with Crippen LogP contribution in [0.15, 0.2) is 28.8 Å². The van der Waals surface area contributed by atoms with E-state index in [4.69, 9.17) is 9.26 Å². The molecule has 1 aliphatic heterocycles. The number of nitrogens with one attached hydrogen (secondary N) is 1. The number of ether oxygens (including phenoxy) is 1. The predicted octanol–water partition coefficient (Wildman–Crippen LogP) is 2.02. The lowest BCUT2D eigenvalue weighted by molar-refractivity contribution is 0.0554. The third-order valence-corrected chi connectivity index (χ3v) is 5.84. The van der Waals surface area contributed by atoms with Crippen molar-refractivity contribution in [2.24, 2.45) is 0 Å². The largest absolute Gasteiger partial charge is 0.446 e. The Bertz CT molecular complexity index is 985. The Balaban J connectivity index is 1.49.